The van der Waals surface area contributed by atoms with E-state index in [9.17, 15) is 4.79 Å². The second kappa shape index (κ2) is 5.95. The third kappa shape index (κ3) is 5.69. The van der Waals surface area contributed by atoms with Gasteiger partial charge in [-0.05, 0) is 12.7 Å². The Kier molecular flexibility index (Phi) is 5.83. The highest BCUT2D eigenvalue weighted by Gasteiger charge is 1.94. The second-order valence-corrected chi connectivity index (χ2v) is 2.65. The third-order valence-electron chi connectivity index (χ3n) is 0.848. The van der Waals surface area contributed by atoms with Crippen LogP contribution in [-0.2, 0) is 4.79 Å². The van der Waals surface area contributed by atoms with Crippen LogP contribution in [0.3, 0.4) is 0 Å². The number of nitrogens with one attached hydrogen (secondary N) is 1. The Morgan fingerprint density at radius 1 is 1.67 bits per heavy atom. The van der Waals surface area contributed by atoms with Gasteiger partial charge < -0.3 is 5.32 Å². The molecule has 0 aromatic carbocycles. The predicted molar refractivity (Wildman–Crippen MR) is 41.7 cm³/mol. The lowest BCUT2D eigenvalue weighted by atomic mass is 10.5. The minimum absolute atomic E-state index is 0.143. The van der Waals surface area contributed by atoms with Crippen LogP contribution in [0, 0.1) is 0 Å². The molecule has 9 heavy (non-hydrogen) atoms. The highest BCUT2D eigenvalue weighted by atomic mass is 32.2. The standard InChI is InChI=1S/C6H13NOS/c1-3-4-7-6(8)5-9-2/h3-5H2,1-2H3,(H,7,8). The summed E-state index contributed by atoms with van der Waals surface area (Å²) in [6.45, 7) is 2.85. The van der Waals surface area contributed by atoms with Crippen molar-refractivity contribution in [3.05, 3.63) is 0 Å². The zero-order chi connectivity index (χ0) is 7.11. The topological polar surface area (TPSA) is 29.1 Å². The highest BCUT2D eigenvalue weighted by molar-refractivity contribution is 7.99. The summed E-state index contributed by atoms with van der Waals surface area (Å²) < 4.78 is 0. The molecule has 0 unspecified atom stereocenters. The van der Waals surface area contributed by atoms with Crippen LogP contribution >= 0.6 is 11.8 Å². The second-order valence-electron chi connectivity index (χ2n) is 1.78. The fraction of sp³-hybridized carbons (Fsp3) is 0.833. The van der Waals surface area contributed by atoms with Gasteiger partial charge in [0.05, 0.1) is 5.75 Å². The van der Waals surface area contributed by atoms with Gasteiger partial charge in [-0.15, -0.1) is 0 Å². The number of amides is 1. The zero-order valence-corrected chi connectivity index (χ0v) is 6.75. The van der Waals surface area contributed by atoms with Crippen LogP contribution in [0.25, 0.3) is 0 Å². The highest BCUT2D eigenvalue weighted by Crippen LogP contribution is 1.88. The molecule has 0 aliphatic carbocycles. The summed E-state index contributed by atoms with van der Waals surface area (Å²) in [5, 5.41) is 2.77. The zero-order valence-electron chi connectivity index (χ0n) is 5.94. The van der Waals surface area contributed by atoms with E-state index in [4.69, 9.17) is 0 Å². The Hall–Kier alpha value is -0.180. The Labute approximate surface area is 60.4 Å². The number of carbonyl (C=O) groups is 1. The summed E-state index contributed by atoms with van der Waals surface area (Å²) in [4.78, 5) is 10.7. The quantitative estimate of drug-likeness (QED) is 0.639. The molecular formula is C6H13NOS. The van der Waals surface area contributed by atoms with Gasteiger partial charge in [-0.25, -0.2) is 0 Å². The van der Waals surface area contributed by atoms with E-state index in [1.54, 1.807) is 11.8 Å². The van der Waals surface area contributed by atoms with Crippen LogP contribution in [0.4, 0.5) is 0 Å². The molecule has 1 amide bonds. The van der Waals surface area contributed by atoms with Crippen molar-refractivity contribution in [2.75, 3.05) is 18.6 Å². The van der Waals surface area contributed by atoms with E-state index >= 15 is 0 Å². The molecule has 54 valence electrons. The number of hydrogen-bond acceptors (Lipinski definition) is 2. The molecule has 0 aromatic heterocycles. The first-order chi connectivity index (χ1) is 4.31. The van der Waals surface area contributed by atoms with Gasteiger partial charge >= 0.3 is 0 Å². The van der Waals surface area contributed by atoms with Crippen LogP contribution in [0.1, 0.15) is 13.3 Å². The summed E-state index contributed by atoms with van der Waals surface area (Å²) in [6, 6.07) is 0. The fourth-order valence-corrected chi connectivity index (χ4v) is 0.811. The largest absolute Gasteiger partial charge is 0.355 e. The van der Waals surface area contributed by atoms with Crippen molar-refractivity contribution in [2.45, 2.75) is 13.3 Å². The van der Waals surface area contributed by atoms with E-state index in [2.05, 4.69) is 5.32 Å². The molecule has 0 fully saturated rings. The van der Waals surface area contributed by atoms with Crippen molar-refractivity contribution in [3.8, 4) is 0 Å². The van der Waals surface area contributed by atoms with Gasteiger partial charge in [-0.2, -0.15) is 11.8 Å². The summed E-state index contributed by atoms with van der Waals surface area (Å²) in [6.07, 6.45) is 2.94. The average molecular weight is 147 g/mol. The van der Waals surface area contributed by atoms with Crippen LogP contribution in [0.5, 0.6) is 0 Å². The summed E-state index contributed by atoms with van der Waals surface area (Å²) >= 11 is 1.55. The van der Waals surface area contributed by atoms with Crippen LogP contribution in [-0.4, -0.2) is 24.5 Å². The van der Waals surface area contributed by atoms with E-state index in [1.807, 2.05) is 13.2 Å². The lowest BCUT2D eigenvalue weighted by molar-refractivity contribution is -0.118. The average Bonchev–Trinajstić information content (AvgIpc) is 1.85. The minimum atomic E-state index is 0.143. The van der Waals surface area contributed by atoms with Crippen molar-refractivity contribution in [3.63, 3.8) is 0 Å². The molecule has 0 aromatic rings. The van der Waals surface area contributed by atoms with Gasteiger partial charge in [0.2, 0.25) is 5.91 Å². The molecular weight excluding hydrogens is 134 g/mol. The maximum atomic E-state index is 10.7. The number of rotatable bonds is 4. The van der Waals surface area contributed by atoms with Crippen LogP contribution in [0.15, 0.2) is 0 Å². The van der Waals surface area contributed by atoms with Crippen LogP contribution < -0.4 is 5.32 Å². The summed E-state index contributed by atoms with van der Waals surface area (Å²) in [5.41, 5.74) is 0. The number of hydrogen-bond donors (Lipinski definition) is 1. The van der Waals surface area contributed by atoms with E-state index in [0.29, 0.717) is 5.75 Å². The van der Waals surface area contributed by atoms with Gasteiger partial charge in [0.25, 0.3) is 0 Å². The molecule has 0 bridgehead atoms. The third-order valence-corrected chi connectivity index (χ3v) is 1.40. The Morgan fingerprint density at radius 2 is 2.33 bits per heavy atom. The van der Waals surface area contributed by atoms with E-state index in [0.717, 1.165) is 13.0 Å². The van der Waals surface area contributed by atoms with Gasteiger partial charge in [0, 0.05) is 6.54 Å². The molecule has 0 atom stereocenters. The Bertz CT molecular complexity index is 85.1. The maximum Gasteiger partial charge on any atom is 0.229 e. The molecule has 0 aliphatic rings. The lowest BCUT2D eigenvalue weighted by Crippen LogP contribution is -2.25. The predicted octanol–water partition coefficient (Wildman–Crippen LogP) is 0.876. The van der Waals surface area contributed by atoms with E-state index in [-0.39, 0.29) is 5.91 Å². The molecule has 0 heterocycles. The first-order valence-corrected chi connectivity index (χ1v) is 4.46. The first-order valence-electron chi connectivity index (χ1n) is 3.07. The first kappa shape index (κ1) is 8.82. The van der Waals surface area contributed by atoms with Crippen molar-refractivity contribution < 1.29 is 4.79 Å². The van der Waals surface area contributed by atoms with Gasteiger partial charge in [0.15, 0.2) is 0 Å². The molecule has 0 aliphatic heterocycles. The van der Waals surface area contributed by atoms with Gasteiger partial charge in [-0.1, -0.05) is 6.92 Å². The summed E-state index contributed by atoms with van der Waals surface area (Å²) in [7, 11) is 0. The minimum Gasteiger partial charge on any atom is -0.355 e. The van der Waals surface area contributed by atoms with E-state index in [1.165, 1.54) is 0 Å². The molecule has 1 N–H and O–H groups in total. The van der Waals surface area contributed by atoms with Crippen molar-refractivity contribution in [1.82, 2.24) is 5.32 Å². The number of thioether (sulfide) groups is 1. The smallest absolute Gasteiger partial charge is 0.229 e. The van der Waals surface area contributed by atoms with Crippen molar-refractivity contribution >= 4 is 17.7 Å². The lowest BCUT2D eigenvalue weighted by Gasteiger charge is -1.99. The molecule has 0 saturated heterocycles. The van der Waals surface area contributed by atoms with Gasteiger partial charge in [-0.3, -0.25) is 4.79 Å². The van der Waals surface area contributed by atoms with Crippen LogP contribution in [0.2, 0.25) is 0 Å². The van der Waals surface area contributed by atoms with E-state index < -0.39 is 0 Å². The molecule has 3 heteroatoms. The van der Waals surface area contributed by atoms with Gasteiger partial charge in [0.1, 0.15) is 0 Å². The Morgan fingerprint density at radius 3 is 2.78 bits per heavy atom. The summed E-state index contributed by atoms with van der Waals surface area (Å²) in [5.74, 6) is 0.726. The molecule has 2 nitrogen and oxygen atoms in total. The molecule has 0 saturated carbocycles. The maximum absolute atomic E-state index is 10.7. The molecule has 0 rings (SSSR count). The SMILES string of the molecule is CCCNC(=O)CSC. The van der Waals surface area contributed by atoms with Crippen molar-refractivity contribution in [1.29, 1.82) is 0 Å². The normalized spacial score (nSPS) is 9.11. The Balaban J connectivity index is 3.06. The van der Waals surface area contributed by atoms with Crippen molar-refractivity contribution in [2.24, 2.45) is 0 Å². The molecule has 0 spiro atoms. The molecule has 0 radical (unpaired) electrons. The fourth-order valence-electron chi connectivity index (χ4n) is 0.447. The monoisotopic (exact) mass is 147 g/mol. The number of carbonyl (C=O) groups excluding carboxylic acids is 1.